The highest BCUT2D eigenvalue weighted by molar-refractivity contribution is 5.91. The molecule has 25 heavy (non-hydrogen) atoms. The first-order valence-electron chi connectivity index (χ1n) is 9.10. The van der Waals surface area contributed by atoms with E-state index in [2.05, 4.69) is 31.5 Å². The van der Waals surface area contributed by atoms with Crippen LogP contribution in [0.15, 0.2) is 24.5 Å². The molecule has 0 radical (unpaired) electrons. The van der Waals surface area contributed by atoms with Crippen LogP contribution in [0.4, 0.5) is 0 Å². The van der Waals surface area contributed by atoms with Crippen molar-refractivity contribution in [2.24, 2.45) is 11.8 Å². The van der Waals surface area contributed by atoms with E-state index >= 15 is 0 Å². The maximum absolute atomic E-state index is 12.4. The van der Waals surface area contributed by atoms with E-state index in [1.807, 2.05) is 23.0 Å². The van der Waals surface area contributed by atoms with Gasteiger partial charge in [-0.3, -0.25) is 14.7 Å². The van der Waals surface area contributed by atoms with Crippen LogP contribution in [0.2, 0.25) is 0 Å². The van der Waals surface area contributed by atoms with Gasteiger partial charge in [0.05, 0.1) is 0 Å². The smallest absolute Gasteiger partial charge is 0.289 e. The number of hydrogen-bond donors (Lipinski definition) is 1. The number of pyridine rings is 1. The van der Waals surface area contributed by atoms with Crippen molar-refractivity contribution in [2.75, 3.05) is 13.1 Å². The molecule has 2 aromatic heterocycles. The molecule has 2 fully saturated rings. The van der Waals surface area contributed by atoms with Gasteiger partial charge in [0.25, 0.3) is 5.91 Å². The summed E-state index contributed by atoms with van der Waals surface area (Å²) in [6, 6.07) is 4.47. The summed E-state index contributed by atoms with van der Waals surface area (Å²) in [5.41, 5.74) is 1.25. The minimum atomic E-state index is -0.0649. The van der Waals surface area contributed by atoms with Gasteiger partial charge in [0, 0.05) is 51.0 Å². The van der Waals surface area contributed by atoms with Crippen LogP contribution in [0.3, 0.4) is 0 Å². The summed E-state index contributed by atoms with van der Waals surface area (Å²) in [6.45, 7) is 3.93. The molecule has 0 aromatic carbocycles. The van der Waals surface area contributed by atoms with Gasteiger partial charge < -0.3 is 9.88 Å². The monoisotopic (exact) mass is 338 g/mol. The highest BCUT2D eigenvalue weighted by atomic mass is 16.2. The first-order chi connectivity index (χ1) is 12.3. The van der Waals surface area contributed by atoms with E-state index in [0.29, 0.717) is 23.7 Å². The Balaban J connectivity index is 1.28. The summed E-state index contributed by atoms with van der Waals surface area (Å²) in [6.07, 6.45) is 6.84. The zero-order chi connectivity index (χ0) is 16.8. The topological polar surface area (TPSA) is 75.9 Å². The molecule has 1 amide bonds. The molecule has 7 heteroatoms. The Morgan fingerprint density at radius 1 is 1.20 bits per heavy atom. The highest BCUT2D eigenvalue weighted by Gasteiger charge is 2.39. The molecule has 2 aromatic rings. The number of rotatable bonds is 4. The maximum Gasteiger partial charge on any atom is 0.289 e. The second kappa shape index (κ2) is 5.91. The lowest BCUT2D eigenvalue weighted by atomic mass is 9.89. The Hall–Kier alpha value is -2.28. The maximum atomic E-state index is 12.4. The lowest BCUT2D eigenvalue weighted by Gasteiger charge is -2.25. The average Bonchev–Trinajstić information content (AvgIpc) is 3.19. The number of carbonyl (C=O) groups excluding carboxylic acids is 1. The molecule has 1 N–H and O–H groups in total. The van der Waals surface area contributed by atoms with Crippen LogP contribution < -0.4 is 5.32 Å². The molecule has 1 aliphatic carbocycles. The van der Waals surface area contributed by atoms with Crippen molar-refractivity contribution in [3.63, 3.8) is 0 Å². The molecule has 0 bridgehead atoms. The largest absolute Gasteiger partial charge is 0.347 e. The van der Waals surface area contributed by atoms with Gasteiger partial charge in [-0.05, 0) is 36.3 Å². The fourth-order valence-electron chi connectivity index (χ4n) is 4.15. The van der Waals surface area contributed by atoms with Crippen LogP contribution >= 0.6 is 0 Å². The third kappa shape index (κ3) is 2.93. The van der Waals surface area contributed by atoms with Crippen LogP contribution in [0, 0.1) is 11.8 Å². The van der Waals surface area contributed by atoms with Gasteiger partial charge in [-0.25, -0.2) is 0 Å². The second-order valence-corrected chi connectivity index (χ2v) is 7.58. The van der Waals surface area contributed by atoms with Gasteiger partial charge in [-0.15, -0.1) is 10.2 Å². The van der Waals surface area contributed by atoms with Gasteiger partial charge >= 0.3 is 0 Å². The van der Waals surface area contributed by atoms with Gasteiger partial charge in [-0.1, -0.05) is 6.07 Å². The van der Waals surface area contributed by atoms with Crippen LogP contribution in [0.1, 0.15) is 34.8 Å². The minimum Gasteiger partial charge on any atom is -0.347 e. The first-order valence-corrected chi connectivity index (χ1v) is 9.10. The number of carbonyl (C=O) groups is 1. The molecule has 130 valence electrons. The van der Waals surface area contributed by atoms with Crippen LogP contribution in [0.25, 0.3) is 0 Å². The fourth-order valence-corrected chi connectivity index (χ4v) is 4.15. The zero-order valence-corrected chi connectivity index (χ0v) is 14.1. The third-order valence-electron chi connectivity index (χ3n) is 5.59. The number of fused-ring (bicyclic) bond motifs is 2. The molecule has 7 nitrogen and oxygen atoms in total. The molecule has 1 saturated carbocycles. The summed E-state index contributed by atoms with van der Waals surface area (Å²) < 4.78 is 2.05. The highest BCUT2D eigenvalue weighted by Crippen LogP contribution is 2.33. The van der Waals surface area contributed by atoms with Crippen molar-refractivity contribution in [2.45, 2.75) is 38.4 Å². The molecule has 2 atom stereocenters. The van der Waals surface area contributed by atoms with Crippen molar-refractivity contribution in [3.8, 4) is 0 Å². The summed E-state index contributed by atoms with van der Waals surface area (Å²) in [4.78, 5) is 19.1. The Morgan fingerprint density at radius 2 is 2.08 bits per heavy atom. The van der Waals surface area contributed by atoms with Crippen LogP contribution in [-0.2, 0) is 19.5 Å². The van der Waals surface area contributed by atoms with Crippen molar-refractivity contribution in [3.05, 3.63) is 41.7 Å². The summed E-state index contributed by atoms with van der Waals surface area (Å²) in [7, 11) is 0. The number of hydrogen-bond acceptors (Lipinski definition) is 5. The predicted octanol–water partition coefficient (Wildman–Crippen LogP) is 0.870. The summed E-state index contributed by atoms with van der Waals surface area (Å²) >= 11 is 0. The Bertz CT molecular complexity index is 784. The van der Waals surface area contributed by atoms with E-state index in [1.165, 1.54) is 5.56 Å². The SMILES string of the molecule is O=C(NC1CC1)c1nnc2n1C[C@H]1CN(Cc3cccnc3)C[C@@H]1C2. The molecule has 0 unspecified atom stereocenters. The predicted molar refractivity (Wildman–Crippen MR) is 90.7 cm³/mol. The lowest BCUT2D eigenvalue weighted by molar-refractivity contribution is 0.0932. The van der Waals surface area contributed by atoms with E-state index < -0.39 is 0 Å². The van der Waals surface area contributed by atoms with E-state index in [4.69, 9.17) is 0 Å². The number of likely N-dealkylation sites (tertiary alicyclic amines) is 1. The quantitative estimate of drug-likeness (QED) is 0.895. The molecular formula is C18H22N6O. The van der Waals surface area contributed by atoms with Crippen LogP contribution in [0.5, 0.6) is 0 Å². The van der Waals surface area contributed by atoms with Gasteiger partial charge in [0.2, 0.25) is 5.82 Å². The minimum absolute atomic E-state index is 0.0649. The van der Waals surface area contributed by atoms with E-state index in [9.17, 15) is 4.79 Å². The number of nitrogens with one attached hydrogen (secondary N) is 1. The number of amides is 1. The molecule has 0 spiro atoms. The number of nitrogens with zero attached hydrogens (tertiary/aromatic N) is 5. The fraction of sp³-hybridized carbons (Fsp3) is 0.556. The van der Waals surface area contributed by atoms with E-state index in [-0.39, 0.29) is 5.91 Å². The molecule has 2 aliphatic heterocycles. The van der Waals surface area contributed by atoms with Crippen molar-refractivity contribution in [1.82, 2.24) is 30.0 Å². The molecule has 5 rings (SSSR count). The van der Waals surface area contributed by atoms with Crippen LogP contribution in [-0.4, -0.2) is 49.7 Å². The van der Waals surface area contributed by atoms with Gasteiger partial charge in [-0.2, -0.15) is 0 Å². The number of aromatic nitrogens is 4. The molecule has 1 saturated heterocycles. The third-order valence-corrected chi connectivity index (χ3v) is 5.59. The van der Waals surface area contributed by atoms with E-state index in [1.54, 1.807) is 0 Å². The zero-order valence-electron chi connectivity index (χ0n) is 14.1. The average molecular weight is 338 g/mol. The van der Waals surface area contributed by atoms with Crippen molar-refractivity contribution >= 4 is 5.91 Å². The van der Waals surface area contributed by atoms with Gasteiger partial charge in [0.1, 0.15) is 5.82 Å². The van der Waals surface area contributed by atoms with Gasteiger partial charge in [0.15, 0.2) is 0 Å². The Kier molecular flexibility index (Phi) is 3.55. The van der Waals surface area contributed by atoms with E-state index in [0.717, 1.165) is 51.3 Å². The first kappa shape index (κ1) is 15.0. The molecule has 3 aliphatic rings. The lowest BCUT2D eigenvalue weighted by Crippen LogP contribution is -2.33. The van der Waals surface area contributed by atoms with Crippen molar-refractivity contribution in [1.29, 1.82) is 0 Å². The molecule has 4 heterocycles. The summed E-state index contributed by atoms with van der Waals surface area (Å²) in [5.74, 6) is 2.56. The standard InChI is InChI=1S/C18H22N6O/c25-18(20-15-3-4-15)17-22-21-16-6-13-9-23(10-14(13)11-24(16)17)8-12-2-1-5-19-7-12/h1-2,5,7,13-15H,3-4,6,8-11H2,(H,20,25)/t13-,14+/m0/s1. The Morgan fingerprint density at radius 3 is 2.88 bits per heavy atom. The second-order valence-electron chi connectivity index (χ2n) is 7.58. The van der Waals surface area contributed by atoms with Crippen molar-refractivity contribution < 1.29 is 4.79 Å². The Labute approximate surface area is 146 Å². The molecular weight excluding hydrogens is 316 g/mol. The normalized spacial score (nSPS) is 25.4. The summed E-state index contributed by atoms with van der Waals surface area (Å²) in [5, 5.41) is 11.5.